The van der Waals surface area contributed by atoms with Gasteiger partial charge >= 0.3 is 11.9 Å². The van der Waals surface area contributed by atoms with E-state index in [2.05, 4.69) is 20.9 Å². The fourth-order valence-electron chi connectivity index (χ4n) is 5.20. The number of benzene rings is 1. The van der Waals surface area contributed by atoms with Gasteiger partial charge in [-0.2, -0.15) is 0 Å². The molecule has 2 fully saturated rings. The maximum atomic E-state index is 13.8. The van der Waals surface area contributed by atoms with E-state index in [0.29, 0.717) is 19.3 Å². The third-order valence-electron chi connectivity index (χ3n) is 7.19. The number of fused-ring (bicyclic) bond motifs is 1. The largest absolute Gasteiger partial charge is 0.481 e. The maximum Gasteiger partial charge on any atom is 0.326 e. The summed E-state index contributed by atoms with van der Waals surface area (Å²) in [5.74, 6) is -3.86. The van der Waals surface area contributed by atoms with Gasteiger partial charge in [0.2, 0.25) is 17.7 Å². The van der Waals surface area contributed by atoms with Gasteiger partial charge in [-0.15, -0.1) is 0 Å². The van der Waals surface area contributed by atoms with Gasteiger partial charge in [0, 0.05) is 36.5 Å². The quantitative estimate of drug-likeness (QED) is 0.242. The second kappa shape index (κ2) is 12.1. The van der Waals surface area contributed by atoms with Crippen LogP contribution in [0.15, 0.2) is 30.5 Å². The fourth-order valence-corrected chi connectivity index (χ4v) is 5.20. The van der Waals surface area contributed by atoms with Gasteiger partial charge in [-0.3, -0.25) is 19.2 Å². The number of H-pyrrole nitrogens is 1. The van der Waals surface area contributed by atoms with Crippen molar-refractivity contribution in [2.75, 3.05) is 13.1 Å². The van der Waals surface area contributed by atoms with E-state index in [-0.39, 0.29) is 25.3 Å². The Balaban J connectivity index is 1.52. The summed E-state index contributed by atoms with van der Waals surface area (Å²) in [6, 6.07) is 4.01. The van der Waals surface area contributed by atoms with E-state index in [1.165, 1.54) is 4.90 Å². The molecule has 38 heavy (non-hydrogen) atoms. The minimum atomic E-state index is -1.38. The van der Waals surface area contributed by atoms with E-state index >= 15 is 0 Å². The molecule has 0 spiro atoms. The van der Waals surface area contributed by atoms with Crippen molar-refractivity contribution in [1.29, 1.82) is 0 Å². The predicted molar refractivity (Wildman–Crippen MR) is 136 cm³/mol. The van der Waals surface area contributed by atoms with E-state index in [1.54, 1.807) is 6.20 Å². The lowest BCUT2D eigenvalue weighted by Gasteiger charge is -2.30. The normalized spacial score (nSPS) is 20.7. The highest BCUT2D eigenvalue weighted by Gasteiger charge is 2.39. The van der Waals surface area contributed by atoms with Crippen molar-refractivity contribution in [3.8, 4) is 0 Å². The summed E-state index contributed by atoms with van der Waals surface area (Å²) < 4.78 is 0. The third kappa shape index (κ3) is 6.31. The van der Waals surface area contributed by atoms with Crippen molar-refractivity contribution >= 4 is 40.6 Å². The minimum absolute atomic E-state index is 0.211. The van der Waals surface area contributed by atoms with Gasteiger partial charge in [-0.05, 0) is 50.3 Å². The van der Waals surface area contributed by atoms with Gasteiger partial charge in [0.05, 0.1) is 6.04 Å². The molecule has 4 unspecified atom stereocenters. The topological polar surface area (TPSA) is 181 Å². The Hall–Kier alpha value is -3.93. The monoisotopic (exact) mass is 527 g/mol. The number of amides is 3. The Labute approximate surface area is 219 Å². The number of aromatic amines is 1. The average Bonchev–Trinajstić information content (AvgIpc) is 3.66. The van der Waals surface area contributed by atoms with Gasteiger partial charge in [0.1, 0.15) is 18.1 Å². The number of nitrogens with zero attached hydrogens (tertiary/aromatic N) is 1. The molecule has 2 aliphatic heterocycles. The summed E-state index contributed by atoms with van der Waals surface area (Å²) >= 11 is 0. The van der Waals surface area contributed by atoms with Gasteiger partial charge < -0.3 is 36.0 Å². The van der Waals surface area contributed by atoms with Gasteiger partial charge in [-0.25, -0.2) is 4.79 Å². The van der Waals surface area contributed by atoms with Gasteiger partial charge in [0.25, 0.3) is 0 Å². The molecule has 0 aliphatic carbocycles. The molecule has 204 valence electrons. The molecule has 3 amide bonds. The molecule has 2 saturated heterocycles. The lowest BCUT2D eigenvalue weighted by atomic mass is 10.0. The van der Waals surface area contributed by atoms with E-state index in [1.807, 2.05) is 24.3 Å². The molecule has 4 rings (SSSR count). The number of rotatable bonds is 11. The smallest absolute Gasteiger partial charge is 0.326 e. The average molecular weight is 528 g/mol. The first kappa shape index (κ1) is 27.1. The predicted octanol–water partition coefficient (Wildman–Crippen LogP) is 0.372. The number of carbonyl (C=O) groups excluding carboxylic acids is 3. The van der Waals surface area contributed by atoms with Crippen LogP contribution in [0.5, 0.6) is 0 Å². The van der Waals surface area contributed by atoms with Crippen molar-refractivity contribution < 1.29 is 34.2 Å². The van der Waals surface area contributed by atoms with Crippen LogP contribution in [0.3, 0.4) is 0 Å². The second-order valence-corrected chi connectivity index (χ2v) is 9.80. The zero-order chi connectivity index (χ0) is 27.2. The van der Waals surface area contributed by atoms with Crippen LogP contribution in [0.25, 0.3) is 10.9 Å². The molecule has 12 heteroatoms. The number of carbonyl (C=O) groups is 5. The Morgan fingerprint density at radius 1 is 1.00 bits per heavy atom. The lowest BCUT2D eigenvalue weighted by molar-refractivity contribution is -0.145. The van der Waals surface area contributed by atoms with Crippen LogP contribution < -0.4 is 16.0 Å². The Morgan fingerprint density at radius 3 is 2.47 bits per heavy atom. The number of likely N-dealkylation sites (tertiary alicyclic amines) is 1. The molecule has 2 aromatic rings. The summed E-state index contributed by atoms with van der Waals surface area (Å²) in [6.45, 7) is 1.01. The van der Waals surface area contributed by atoms with E-state index in [4.69, 9.17) is 5.11 Å². The molecule has 2 aliphatic rings. The number of aliphatic carboxylic acids is 2. The highest BCUT2D eigenvalue weighted by atomic mass is 16.4. The minimum Gasteiger partial charge on any atom is -0.481 e. The second-order valence-electron chi connectivity index (χ2n) is 9.80. The first-order valence-electron chi connectivity index (χ1n) is 12.9. The van der Waals surface area contributed by atoms with E-state index in [9.17, 15) is 29.1 Å². The Morgan fingerprint density at radius 2 is 1.76 bits per heavy atom. The zero-order valence-corrected chi connectivity index (χ0v) is 20.9. The molecule has 0 saturated carbocycles. The Kier molecular flexibility index (Phi) is 8.62. The number of hydrogen-bond donors (Lipinski definition) is 6. The standard InChI is InChI=1S/C26H33N5O7/c32-22(33)10-9-19(26(37)38)29-24(35)21-8-4-12-31(21)25(36)20(30-23(34)18-7-3-11-27-18)13-15-14-28-17-6-2-1-5-16(15)17/h1-2,5-6,14,18-21,27-28H,3-4,7-13H2,(H,29,35)(H,30,34)(H,32,33)(H,37,38). The first-order valence-corrected chi connectivity index (χ1v) is 12.9. The summed E-state index contributed by atoms with van der Waals surface area (Å²) in [5.41, 5.74) is 1.75. The van der Waals surface area contributed by atoms with Crippen molar-refractivity contribution in [2.45, 2.75) is 69.1 Å². The molecule has 6 N–H and O–H groups in total. The fraction of sp³-hybridized carbons (Fsp3) is 0.500. The van der Waals surface area contributed by atoms with Gasteiger partial charge in [0.15, 0.2) is 0 Å². The van der Waals surface area contributed by atoms with Gasteiger partial charge in [-0.1, -0.05) is 18.2 Å². The van der Waals surface area contributed by atoms with Crippen LogP contribution in [-0.2, 0) is 30.4 Å². The molecule has 0 radical (unpaired) electrons. The van der Waals surface area contributed by atoms with Crippen molar-refractivity contribution in [2.24, 2.45) is 0 Å². The SMILES string of the molecule is O=C(O)CCC(NC(=O)C1CCCN1C(=O)C(Cc1c[nH]c2ccccc12)NC(=O)C1CCCN1)C(=O)O. The molecular weight excluding hydrogens is 494 g/mol. The number of hydrogen-bond acceptors (Lipinski definition) is 6. The van der Waals surface area contributed by atoms with Crippen LogP contribution in [0, 0.1) is 0 Å². The molecule has 12 nitrogen and oxygen atoms in total. The van der Waals surface area contributed by atoms with Crippen LogP contribution in [0.4, 0.5) is 0 Å². The highest BCUT2D eigenvalue weighted by Crippen LogP contribution is 2.23. The lowest BCUT2D eigenvalue weighted by Crippen LogP contribution is -2.57. The van der Waals surface area contributed by atoms with Crippen molar-refractivity contribution in [1.82, 2.24) is 25.8 Å². The highest BCUT2D eigenvalue weighted by molar-refractivity contribution is 5.95. The maximum absolute atomic E-state index is 13.8. The summed E-state index contributed by atoms with van der Waals surface area (Å²) in [7, 11) is 0. The van der Waals surface area contributed by atoms with Crippen LogP contribution >= 0.6 is 0 Å². The number of nitrogens with one attached hydrogen (secondary N) is 4. The van der Waals surface area contributed by atoms with Crippen molar-refractivity contribution in [3.63, 3.8) is 0 Å². The van der Waals surface area contributed by atoms with Crippen LogP contribution in [0.2, 0.25) is 0 Å². The zero-order valence-electron chi connectivity index (χ0n) is 20.9. The number of aromatic nitrogens is 1. The number of carboxylic acids is 2. The summed E-state index contributed by atoms with van der Waals surface area (Å²) in [4.78, 5) is 66.9. The molecular formula is C26H33N5O7. The first-order chi connectivity index (χ1) is 18.2. The van der Waals surface area contributed by atoms with E-state index in [0.717, 1.165) is 29.4 Å². The third-order valence-corrected chi connectivity index (χ3v) is 7.19. The summed E-state index contributed by atoms with van der Waals surface area (Å²) in [6.07, 6.45) is 3.72. The Bertz CT molecular complexity index is 1210. The molecule has 1 aromatic heterocycles. The molecule has 1 aromatic carbocycles. The number of carboxylic acid groups (broad SMARTS) is 2. The van der Waals surface area contributed by atoms with Crippen molar-refractivity contribution in [3.05, 3.63) is 36.0 Å². The number of para-hydroxylation sites is 1. The van der Waals surface area contributed by atoms with Crippen LogP contribution in [0.1, 0.15) is 44.1 Å². The molecule has 4 atom stereocenters. The molecule has 3 heterocycles. The summed E-state index contributed by atoms with van der Waals surface area (Å²) in [5, 5.41) is 27.7. The van der Waals surface area contributed by atoms with E-state index < -0.39 is 54.3 Å². The van der Waals surface area contributed by atoms with Crippen LogP contribution in [-0.4, -0.2) is 87.0 Å². The molecule has 0 bridgehead atoms.